The first-order valence-electron chi connectivity index (χ1n) is 22.8. The number of hydrogen-bond donors (Lipinski definition) is 3. The van der Waals surface area contributed by atoms with Crippen molar-refractivity contribution in [1.82, 2.24) is 5.32 Å². The molecular formula is C48H65NO14. The molecule has 3 fully saturated rings. The highest BCUT2D eigenvalue weighted by Gasteiger charge is 2.57. The zero-order chi connectivity index (χ0) is 44.3. The summed E-state index contributed by atoms with van der Waals surface area (Å²) < 4.78 is 59.1. The van der Waals surface area contributed by atoms with Crippen molar-refractivity contribution < 1.29 is 67.2 Å². The van der Waals surface area contributed by atoms with Crippen LogP contribution < -0.4 is 24.3 Å². The average Bonchev–Trinajstić information content (AvgIpc) is 3.91. The standard InChI is InChI=1S/C48H65NO14/c1-5-6-7-8-9-10-11-12-13-14-15-16-17-18-19-20-21-49-48(53)63-45-42(51)47(61-38-27-56-29(2)60-44(38)45)62-43-32-25-35-34(58-28-59-35)24-31(32)39(40-33(43)26-57-46(40)52)30-22-36(54-3)41(50)37(23-30)55-4/h9-10,12-13,22-25,29,33,38-40,42-45,47,50-51H,5-8,11,14-21,26-28H2,1-4H3,(H,49,53)/t29-,33+,38-,39-,40+,42-,43-,44-,45-,47+/m1/s1. The van der Waals surface area contributed by atoms with Crippen LogP contribution in [-0.2, 0) is 33.2 Å². The van der Waals surface area contributed by atoms with E-state index in [2.05, 4.69) is 36.5 Å². The van der Waals surface area contributed by atoms with Crippen molar-refractivity contribution in [3.63, 3.8) is 0 Å². The second-order valence-electron chi connectivity index (χ2n) is 16.9. The van der Waals surface area contributed by atoms with Crippen LogP contribution >= 0.6 is 0 Å². The molecule has 15 nitrogen and oxygen atoms in total. The van der Waals surface area contributed by atoms with Gasteiger partial charge >= 0.3 is 12.1 Å². The number of carbonyl (C=O) groups is 2. The molecule has 0 bridgehead atoms. The van der Waals surface area contributed by atoms with Gasteiger partial charge in [0.1, 0.15) is 18.3 Å². The first kappa shape index (κ1) is 46.5. The Morgan fingerprint density at radius 2 is 1.51 bits per heavy atom. The predicted octanol–water partition coefficient (Wildman–Crippen LogP) is 7.89. The third kappa shape index (κ3) is 11.1. The number of amides is 1. The van der Waals surface area contributed by atoms with Gasteiger partial charge in [0.15, 0.2) is 41.7 Å². The average molecular weight is 880 g/mol. The smallest absolute Gasteiger partial charge is 0.407 e. The second kappa shape index (κ2) is 22.4. The zero-order valence-corrected chi connectivity index (χ0v) is 37.0. The van der Waals surface area contributed by atoms with E-state index in [1.54, 1.807) is 19.1 Å². The molecule has 3 saturated heterocycles. The van der Waals surface area contributed by atoms with E-state index in [0.29, 0.717) is 34.7 Å². The first-order valence-corrected chi connectivity index (χ1v) is 22.8. The molecule has 63 heavy (non-hydrogen) atoms. The Bertz CT molecular complexity index is 1880. The number of cyclic esters (lactones) is 1. The number of carbonyl (C=O) groups excluding carboxylic acids is 2. The molecule has 0 radical (unpaired) electrons. The highest BCUT2D eigenvalue weighted by molar-refractivity contribution is 5.79. The molecule has 1 aliphatic carbocycles. The summed E-state index contributed by atoms with van der Waals surface area (Å²) in [5.41, 5.74) is 1.96. The van der Waals surface area contributed by atoms with Crippen LogP contribution in [0.1, 0.15) is 120 Å². The van der Waals surface area contributed by atoms with Gasteiger partial charge in [0.05, 0.1) is 39.5 Å². The lowest BCUT2D eigenvalue weighted by molar-refractivity contribution is -0.363. The Hall–Kier alpha value is -4.54. The van der Waals surface area contributed by atoms with Crippen molar-refractivity contribution in [2.75, 3.05) is 40.8 Å². The number of alkyl carbamates (subject to hydrolysis) is 1. The monoisotopic (exact) mass is 879 g/mol. The number of aliphatic hydroxyl groups excluding tert-OH is 1. The van der Waals surface area contributed by atoms with Crippen LogP contribution in [0, 0.1) is 11.8 Å². The summed E-state index contributed by atoms with van der Waals surface area (Å²) in [7, 11) is 2.87. The molecule has 2 aromatic rings. The van der Waals surface area contributed by atoms with Gasteiger partial charge in [-0.15, -0.1) is 0 Å². The van der Waals surface area contributed by atoms with Gasteiger partial charge in [-0.2, -0.15) is 0 Å². The molecule has 0 unspecified atom stereocenters. The number of nitrogens with one attached hydrogen (secondary N) is 1. The molecule has 346 valence electrons. The summed E-state index contributed by atoms with van der Waals surface area (Å²) >= 11 is 0. The number of methoxy groups -OCH3 is 2. The van der Waals surface area contributed by atoms with E-state index in [1.165, 1.54) is 52.7 Å². The lowest BCUT2D eigenvalue weighted by Crippen LogP contribution is -2.64. The molecule has 2 aromatic carbocycles. The van der Waals surface area contributed by atoms with Crippen molar-refractivity contribution in [2.24, 2.45) is 11.8 Å². The maximum atomic E-state index is 13.7. The van der Waals surface area contributed by atoms with Crippen LogP contribution in [0.3, 0.4) is 0 Å². The Balaban J connectivity index is 0.981. The Morgan fingerprint density at radius 1 is 0.841 bits per heavy atom. The maximum Gasteiger partial charge on any atom is 0.407 e. The number of aromatic hydroxyl groups is 1. The van der Waals surface area contributed by atoms with Gasteiger partial charge in [-0.3, -0.25) is 4.79 Å². The number of fused-ring (bicyclic) bond motifs is 4. The topological polar surface area (TPSA) is 179 Å². The fourth-order valence-corrected chi connectivity index (χ4v) is 9.32. The zero-order valence-electron chi connectivity index (χ0n) is 37.0. The number of unbranched alkanes of at least 4 members (excludes halogenated alkanes) is 9. The largest absolute Gasteiger partial charge is 0.502 e. The van der Waals surface area contributed by atoms with E-state index in [4.69, 9.17) is 47.4 Å². The predicted molar refractivity (Wildman–Crippen MR) is 230 cm³/mol. The number of phenols is 1. The SMILES string of the molecule is CCCCCC=CCC=CCCCCCCCCNC(=O)O[C@@H]1[C@@H](O)[C@H](O[C@@H]2c3cc4c(cc3[C@@H](c3cc(OC)c(O)c(OC)c3)[C@H]3C(=O)OC[C@@H]32)OCO4)O[C@@H]2CO[C@@H](C)O[C@@H]12. The summed E-state index contributed by atoms with van der Waals surface area (Å²) in [5.74, 6) is -1.25. The molecule has 0 aromatic heterocycles. The fraction of sp³-hybridized carbons (Fsp3) is 0.625. The van der Waals surface area contributed by atoms with Crippen LogP contribution in [0.5, 0.6) is 28.7 Å². The molecule has 3 N–H and O–H groups in total. The highest BCUT2D eigenvalue weighted by Crippen LogP contribution is 2.57. The highest BCUT2D eigenvalue weighted by atomic mass is 16.8. The Morgan fingerprint density at radius 3 is 2.21 bits per heavy atom. The van der Waals surface area contributed by atoms with Crippen LogP contribution in [0.15, 0.2) is 48.6 Å². The molecule has 7 rings (SSSR count). The van der Waals surface area contributed by atoms with Gasteiger partial charge in [-0.1, -0.05) is 69.8 Å². The summed E-state index contributed by atoms with van der Waals surface area (Å²) in [4.78, 5) is 27.0. The van der Waals surface area contributed by atoms with E-state index >= 15 is 0 Å². The Kier molecular flexibility index (Phi) is 16.5. The number of ether oxygens (including phenoxy) is 10. The van der Waals surface area contributed by atoms with Gasteiger partial charge in [0.25, 0.3) is 0 Å². The van der Waals surface area contributed by atoms with E-state index in [0.717, 1.165) is 38.5 Å². The summed E-state index contributed by atoms with van der Waals surface area (Å²) in [5, 5.41) is 25.5. The quantitative estimate of drug-likeness (QED) is 0.0626. The fourth-order valence-electron chi connectivity index (χ4n) is 9.32. The third-order valence-corrected chi connectivity index (χ3v) is 12.6. The molecule has 4 aliphatic heterocycles. The van der Waals surface area contributed by atoms with Crippen molar-refractivity contribution in [3.8, 4) is 28.7 Å². The minimum atomic E-state index is -1.48. The minimum Gasteiger partial charge on any atom is -0.502 e. The first-order chi connectivity index (χ1) is 30.7. The molecule has 1 amide bonds. The molecule has 15 heteroatoms. The third-order valence-electron chi connectivity index (χ3n) is 12.6. The van der Waals surface area contributed by atoms with Crippen molar-refractivity contribution in [2.45, 2.75) is 140 Å². The Labute approximate surface area is 370 Å². The lowest BCUT2D eigenvalue weighted by Gasteiger charge is -2.48. The minimum absolute atomic E-state index is 0.00707. The summed E-state index contributed by atoms with van der Waals surface area (Å²) in [6.07, 6.45) is 14.8. The molecule has 0 saturated carbocycles. The summed E-state index contributed by atoms with van der Waals surface area (Å²) in [6.45, 7) is 4.50. The molecule has 5 aliphatic rings. The number of phenolic OH excluding ortho intramolecular Hbond substituents is 1. The summed E-state index contributed by atoms with van der Waals surface area (Å²) in [6, 6.07) is 6.97. The number of allylic oxidation sites excluding steroid dienone is 4. The van der Waals surface area contributed by atoms with Gasteiger partial charge in [-0.05, 0) is 86.4 Å². The van der Waals surface area contributed by atoms with Gasteiger partial charge in [0.2, 0.25) is 12.5 Å². The number of rotatable bonds is 21. The van der Waals surface area contributed by atoms with E-state index in [-0.39, 0.29) is 37.3 Å². The maximum absolute atomic E-state index is 13.7. The number of hydrogen-bond acceptors (Lipinski definition) is 14. The lowest BCUT2D eigenvalue weighted by atomic mass is 9.66. The molecule has 0 spiro atoms. The van der Waals surface area contributed by atoms with E-state index in [9.17, 15) is 19.8 Å². The van der Waals surface area contributed by atoms with Gasteiger partial charge in [-0.25, -0.2) is 4.79 Å². The normalized spacial score (nSPS) is 28.4. The molecule has 10 atom stereocenters. The van der Waals surface area contributed by atoms with Crippen molar-refractivity contribution in [3.05, 3.63) is 65.3 Å². The van der Waals surface area contributed by atoms with Crippen LogP contribution in [-0.4, -0.2) is 100 Å². The number of aliphatic hydroxyl groups is 1. The second-order valence-corrected chi connectivity index (χ2v) is 16.9. The van der Waals surface area contributed by atoms with Crippen LogP contribution in [0.4, 0.5) is 4.79 Å². The number of esters is 1. The van der Waals surface area contributed by atoms with E-state index in [1.807, 2.05) is 12.1 Å². The molecular weight excluding hydrogens is 815 g/mol. The number of benzene rings is 2. The van der Waals surface area contributed by atoms with Gasteiger partial charge in [0, 0.05) is 18.4 Å². The van der Waals surface area contributed by atoms with E-state index < -0.39 is 72.9 Å². The molecule has 4 heterocycles. The van der Waals surface area contributed by atoms with Gasteiger partial charge < -0.3 is 62.9 Å². The van der Waals surface area contributed by atoms with Crippen LogP contribution in [0.25, 0.3) is 0 Å². The van der Waals surface area contributed by atoms with Crippen molar-refractivity contribution >= 4 is 12.1 Å². The van der Waals surface area contributed by atoms with Crippen molar-refractivity contribution in [1.29, 1.82) is 0 Å². The van der Waals surface area contributed by atoms with Crippen LogP contribution in [0.2, 0.25) is 0 Å².